The number of benzene rings is 1. The average Bonchev–Trinajstić information content (AvgIpc) is 2.99. The lowest BCUT2D eigenvalue weighted by Gasteiger charge is -2.19. The van der Waals surface area contributed by atoms with E-state index in [0.717, 1.165) is 5.69 Å². The van der Waals surface area contributed by atoms with Gasteiger partial charge in [0.15, 0.2) is 0 Å². The topological polar surface area (TPSA) is 55.6 Å². The molecule has 0 radical (unpaired) electrons. The van der Waals surface area contributed by atoms with Gasteiger partial charge in [0.2, 0.25) is 0 Å². The molecule has 1 heterocycles. The zero-order chi connectivity index (χ0) is 15.2. The third kappa shape index (κ3) is 3.24. The van der Waals surface area contributed by atoms with Gasteiger partial charge in [0, 0.05) is 12.6 Å². The monoisotopic (exact) mass is 300 g/mol. The molecule has 21 heavy (non-hydrogen) atoms. The molecule has 0 atom stereocenters. The summed E-state index contributed by atoms with van der Waals surface area (Å²) in [6, 6.07) is 9.23. The van der Waals surface area contributed by atoms with E-state index in [9.17, 15) is 4.79 Å². The molecule has 1 aromatic heterocycles. The number of anilines is 1. The van der Waals surface area contributed by atoms with Crippen molar-refractivity contribution >= 4 is 22.9 Å². The number of ether oxygens (including phenoxy) is 1. The number of hydrogen-bond donors (Lipinski definition) is 1. The second kappa shape index (κ2) is 6.93. The molecular weight excluding hydrogens is 284 g/mol. The Balaban J connectivity index is 2.34. The van der Waals surface area contributed by atoms with Crippen LogP contribution in [-0.4, -0.2) is 26.6 Å². The summed E-state index contributed by atoms with van der Waals surface area (Å²) >= 11 is 1.37. The first-order valence-electron chi connectivity index (χ1n) is 6.36. The van der Waals surface area contributed by atoms with Crippen molar-refractivity contribution in [3.8, 4) is 17.6 Å². The van der Waals surface area contributed by atoms with Crippen molar-refractivity contribution < 1.29 is 9.53 Å². The molecule has 0 aliphatic rings. The Morgan fingerprint density at radius 3 is 2.86 bits per heavy atom. The summed E-state index contributed by atoms with van der Waals surface area (Å²) in [5.74, 6) is 6.24. The van der Waals surface area contributed by atoms with Crippen LogP contribution in [0.15, 0.2) is 35.7 Å². The average molecular weight is 300 g/mol. The highest BCUT2D eigenvalue weighted by Crippen LogP contribution is 2.29. The first-order valence-corrected chi connectivity index (χ1v) is 7.24. The summed E-state index contributed by atoms with van der Waals surface area (Å²) in [4.78, 5) is 14.8. The minimum Gasteiger partial charge on any atom is -0.495 e. The van der Waals surface area contributed by atoms with Gasteiger partial charge in [-0.05, 0) is 23.6 Å². The highest BCUT2D eigenvalue weighted by atomic mass is 32.1. The molecule has 0 bridgehead atoms. The molecule has 4 nitrogen and oxygen atoms in total. The molecule has 2 N–H and O–H groups in total. The maximum absolute atomic E-state index is 12.6. The molecule has 0 spiro atoms. The minimum atomic E-state index is -0.115. The lowest BCUT2D eigenvalue weighted by atomic mass is 10.2. The third-order valence-corrected chi connectivity index (χ3v) is 3.84. The van der Waals surface area contributed by atoms with Gasteiger partial charge in [-0.2, -0.15) is 0 Å². The zero-order valence-corrected chi connectivity index (χ0v) is 12.7. The normalized spacial score (nSPS) is 9.67. The molecule has 0 saturated heterocycles. The van der Waals surface area contributed by atoms with Gasteiger partial charge in [0.1, 0.15) is 10.6 Å². The summed E-state index contributed by atoms with van der Waals surface area (Å²) < 4.78 is 5.29. The minimum absolute atomic E-state index is 0.115. The Morgan fingerprint density at radius 1 is 1.38 bits per heavy atom. The molecule has 0 unspecified atom stereocenters. The lowest BCUT2D eigenvalue weighted by molar-refractivity contribution is 0.0996. The highest BCUT2D eigenvalue weighted by molar-refractivity contribution is 7.12. The van der Waals surface area contributed by atoms with Crippen molar-refractivity contribution in [2.24, 2.45) is 5.73 Å². The van der Waals surface area contributed by atoms with Crippen molar-refractivity contribution in [1.82, 2.24) is 0 Å². The molecule has 0 fully saturated rings. The first kappa shape index (κ1) is 15.1. The second-order valence-corrected chi connectivity index (χ2v) is 5.12. The van der Waals surface area contributed by atoms with Crippen LogP contribution < -0.4 is 15.4 Å². The second-order valence-electron chi connectivity index (χ2n) is 4.21. The summed E-state index contributed by atoms with van der Waals surface area (Å²) in [6.45, 7) is 0.270. The van der Waals surface area contributed by atoms with E-state index in [0.29, 0.717) is 16.2 Å². The summed E-state index contributed by atoms with van der Waals surface area (Å²) in [5, 5.41) is 1.85. The number of hydrogen-bond acceptors (Lipinski definition) is 4. The molecule has 2 aromatic rings. The number of thiophene rings is 1. The Morgan fingerprint density at radius 2 is 2.14 bits per heavy atom. The first-order chi connectivity index (χ1) is 10.2. The molecule has 0 aliphatic carbocycles. The van der Waals surface area contributed by atoms with E-state index in [1.165, 1.54) is 11.3 Å². The lowest BCUT2D eigenvalue weighted by Crippen LogP contribution is -2.26. The summed E-state index contributed by atoms with van der Waals surface area (Å²) in [5.41, 5.74) is 6.80. The number of para-hydroxylation sites is 2. The largest absolute Gasteiger partial charge is 0.495 e. The van der Waals surface area contributed by atoms with Gasteiger partial charge in [-0.25, -0.2) is 0 Å². The predicted molar refractivity (Wildman–Crippen MR) is 86.0 cm³/mol. The smallest absolute Gasteiger partial charge is 0.269 e. The van der Waals surface area contributed by atoms with Crippen molar-refractivity contribution in [1.29, 1.82) is 0 Å². The van der Waals surface area contributed by atoms with Gasteiger partial charge in [0.05, 0.1) is 19.3 Å². The molecule has 108 valence electrons. The van der Waals surface area contributed by atoms with Crippen LogP contribution in [0.25, 0.3) is 0 Å². The third-order valence-electron chi connectivity index (χ3n) is 2.94. The fraction of sp³-hybridized carbons (Fsp3) is 0.188. The van der Waals surface area contributed by atoms with Crippen LogP contribution >= 0.6 is 11.3 Å². The van der Waals surface area contributed by atoms with E-state index in [-0.39, 0.29) is 12.5 Å². The van der Waals surface area contributed by atoms with Crippen LogP contribution in [0, 0.1) is 11.8 Å². The van der Waals surface area contributed by atoms with Gasteiger partial charge in [0.25, 0.3) is 5.91 Å². The molecule has 2 rings (SSSR count). The van der Waals surface area contributed by atoms with E-state index in [1.54, 1.807) is 19.1 Å². The SMILES string of the molecule is COc1ccccc1N(C)C(=O)c1sccc1C#CCN. The number of carbonyl (C=O) groups excluding carboxylic acids is 1. The van der Waals surface area contributed by atoms with E-state index in [1.807, 2.05) is 35.7 Å². The van der Waals surface area contributed by atoms with E-state index in [4.69, 9.17) is 10.5 Å². The van der Waals surface area contributed by atoms with Crippen LogP contribution in [0.5, 0.6) is 5.75 Å². The van der Waals surface area contributed by atoms with Crippen molar-refractivity contribution in [2.45, 2.75) is 0 Å². The number of nitrogens with zero attached hydrogens (tertiary/aromatic N) is 1. The van der Waals surface area contributed by atoms with Gasteiger partial charge in [-0.3, -0.25) is 4.79 Å². The Labute approximate surface area is 128 Å². The van der Waals surface area contributed by atoms with E-state index < -0.39 is 0 Å². The van der Waals surface area contributed by atoms with Crippen LogP contribution in [0.4, 0.5) is 5.69 Å². The summed E-state index contributed by atoms with van der Waals surface area (Å²) in [6.07, 6.45) is 0. The number of carbonyl (C=O) groups is 1. The van der Waals surface area contributed by atoms with E-state index >= 15 is 0 Å². The van der Waals surface area contributed by atoms with Crippen LogP contribution in [0.3, 0.4) is 0 Å². The van der Waals surface area contributed by atoms with Gasteiger partial charge in [-0.1, -0.05) is 24.0 Å². The zero-order valence-electron chi connectivity index (χ0n) is 11.9. The van der Waals surface area contributed by atoms with Crippen LogP contribution in [-0.2, 0) is 0 Å². The van der Waals surface area contributed by atoms with Crippen LogP contribution in [0.2, 0.25) is 0 Å². The highest BCUT2D eigenvalue weighted by Gasteiger charge is 2.20. The van der Waals surface area contributed by atoms with Crippen LogP contribution in [0.1, 0.15) is 15.2 Å². The Hall–Kier alpha value is -2.29. The van der Waals surface area contributed by atoms with Crippen molar-refractivity contribution in [3.63, 3.8) is 0 Å². The standard InChI is InChI=1S/C16H16N2O2S/c1-18(13-7-3-4-8-14(13)20-2)16(19)15-12(6-5-10-17)9-11-21-15/h3-4,7-9,11H,10,17H2,1-2H3. The van der Waals surface area contributed by atoms with Gasteiger partial charge < -0.3 is 15.4 Å². The molecule has 0 aliphatic heterocycles. The number of rotatable bonds is 3. The van der Waals surface area contributed by atoms with Crippen molar-refractivity contribution in [2.75, 3.05) is 25.6 Å². The van der Waals surface area contributed by atoms with Gasteiger partial charge >= 0.3 is 0 Å². The Kier molecular flexibility index (Phi) is 4.99. The molecule has 0 saturated carbocycles. The van der Waals surface area contributed by atoms with E-state index in [2.05, 4.69) is 11.8 Å². The maximum atomic E-state index is 12.6. The predicted octanol–water partition coefficient (Wildman–Crippen LogP) is 2.34. The Bertz CT molecular complexity index is 698. The molecule has 1 aromatic carbocycles. The molecular formula is C16H16N2O2S. The van der Waals surface area contributed by atoms with Crippen molar-refractivity contribution in [3.05, 3.63) is 46.2 Å². The molecule has 1 amide bonds. The maximum Gasteiger partial charge on any atom is 0.269 e. The summed E-state index contributed by atoms with van der Waals surface area (Å²) in [7, 11) is 3.31. The van der Waals surface area contributed by atoms with Gasteiger partial charge in [-0.15, -0.1) is 11.3 Å². The fourth-order valence-corrected chi connectivity index (χ4v) is 2.71. The quantitative estimate of drug-likeness (QED) is 0.885. The number of amides is 1. The number of methoxy groups -OCH3 is 1. The number of nitrogens with two attached hydrogens (primary N) is 1. The molecule has 5 heteroatoms. The fourth-order valence-electron chi connectivity index (χ4n) is 1.89.